The van der Waals surface area contributed by atoms with Gasteiger partial charge in [-0.2, -0.15) is 13.2 Å². The first-order valence-corrected chi connectivity index (χ1v) is 7.02. The summed E-state index contributed by atoms with van der Waals surface area (Å²) in [6.07, 6.45) is -2.53. The molecule has 6 heteroatoms. The molecule has 1 fully saturated rings. The Morgan fingerprint density at radius 2 is 2.05 bits per heavy atom. The third-order valence-electron chi connectivity index (χ3n) is 3.80. The fraction of sp³-hybridized carbons (Fsp3) is 0.571. The largest absolute Gasteiger partial charge is 0.508 e. The molecule has 2 unspecified atom stereocenters. The van der Waals surface area contributed by atoms with Crippen molar-refractivity contribution < 1.29 is 18.3 Å². The van der Waals surface area contributed by atoms with Crippen molar-refractivity contribution in [2.75, 3.05) is 0 Å². The molecule has 1 saturated carbocycles. The minimum absolute atomic E-state index is 0.0631. The summed E-state index contributed by atoms with van der Waals surface area (Å²) in [6.45, 7) is 0.279. The fourth-order valence-corrected chi connectivity index (χ4v) is 2.88. The van der Waals surface area contributed by atoms with E-state index >= 15 is 0 Å². The first-order chi connectivity index (χ1) is 9.38. The maximum absolute atomic E-state index is 12.7. The van der Waals surface area contributed by atoms with E-state index in [0.717, 1.165) is 6.42 Å². The molecule has 2 atom stereocenters. The Morgan fingerprint density at radius 3 is 2.70 bits per heavy atom. The number of aromatic hydroxyl groups is 1. The van der Waals surface area contributed by atoms with Crippen LogP contribution in [-0.2, 0) is 6.54 Å². The van der Waals surface area contributed by atoms with E-state index in [0.29, 0.717) is 17.0 Å². The van der Waals surface area contributed by atoms with Crippen LogP contribution in [0.25, 0.3) is 0 Å². The predicted molar refractivity (Wildman–Crippen MR) is 71.8 cm³/mol. The van der Waals surface area contributed by atoms with Crippen molar-refractivity contribution >= 4 is 11.6 Å². The van der Waals surface area contributed by atoms with Crippen LogP contribution < -0.4 is 5.32 Å². The summed E-state index contributed by atoms with van der Waals surface area (Å²) in [6, 6.07) is 4.60. The molecule has 112 valence electrons. The number of nitrogens with one attached hydrogen (secondary N) is 1. The molecule has 0 amide bonds. The van der Waals surface area contributed by atoms with Crippen LogP contribution in [0.15, 0.2) is 18.2 Å². The van der Waals surface area contributed by atoms with E-state index in [-0.39, 0.29) is 31.2 Å². The van der Waals surface area contributed by atoms with Crippen LogP contribution in [0.5, 0.6) is 5.75 Å². The van der Waals surface area contributed by atoms with Gasteiger partial charge in [0, 0.05) is 23.2 Å². The molecular weight excluding hydrogens is 291 g/mol. The molecule has 1 aromatic carbocycles. The van der Waals surface area contributed by atoms with Crippen molar-refractivity contribution in [1.82, 2.24) is 5.32 Å². The van der Waals surface area contributed by atoms with Gasteiger partial charge < -0.3 is 10.4 Å². The zero-order chi connectivity index (χ0) is 14.8. The van der Waals surface area contributed by atoms with Crippen LogP contribution in [-0.4, -0.2) is 17.3 Å². The van der Waals surface area contributed by atoms with E-state index in [1.54, 1.807) is 12.1 Å². The molecule has 1 aliphatic carbocycles. The molecule has 1 aliphatic rings. The second kappa shape index (κ2) is 6.22. The summed E-state index contributed by atoms with van der Waals surface area (Å²) < 4.78 is 38.2. The van der Waals surface area contributed by atoms with Gasteiger partial charge in [0.05, 0.1) is 5.92 Å². The van der Waals surface area contributed by atoms with Gasteiger partial charge in [-0.05, 0) is 31.4 Å². The van der Waals surface area contributed by atoms with Crippen LogP contribution in [0.2, 0.25) is 5.02 Å². The van der Waals surface area contributed by atoms with Gasteiger partial charge in [-0.15, -0.1) is 0 Å². The minimum Gasteiger partial charge on any atom is -0.508 e. The van der Waals surface area contributed by atoms with Crippen molar-refractivity contribution in [2.45, 2.75) is 44.4 Å². The summed E-state index contributed by atoms with van der Waals surface area (Å²) in [4.78, 5) is 0. The number of phenols is 1. The van der Waals surface area contributed by atoms with Gasteiger partial charge in [0.2, 0.25) is 0 Å². The Bertz CT molecular complexity index is 444. The fourth-order valence-electron chi connectivity index (χ4n) is 2.64. The molecule has 0 spiro atoms. The van der Waals surface area contributed by atoms with Crippen molar-refractivity contribution in [3.63, 3.8) is 0 Å². The standard InChI is InChI=1S/C14H17ClF3NO/c15-12-5-2-6-13(20)11(12)8-19-10-4-1-3-9(7-10)14(16,17)18/h2,5-6,9-10,19-20H,1,3-4,7-8H2. The summed E-state index contributed by atoms with van der Waals surface area (Å²) in [5.41, 5.74) is 0.531. The van der Waals surface area contributed by atoms with Crippen molar-refractivity contribution in [3.8, 4) is 5.75 Å². The molecule has 1 aromatic rings. The van der Waals surface area contributed by atoms with Crippen LogP contribution in [0, 0.1) is 5.92 Å². The summed E-state index contributed by atoms with van der Waals surface area (Å²) in [5, 5.41) is 13.2. The lowest BCUT2D eigenvalue weighted by Crippen LogP contribution is -2.38. The van der Waals surface area contributed by atoms with Gasteiger partial charge in [0.1, 0.15) is 5.75 Å². The first kappa shape index (κ1) is 15.4. The molecule has 2 N–H and O–H groups in total. The minimum atomic E-state index is -4.12. The Balaban J connectivity index is 1.94. The highest BCUT2D eigenvalue weighted by Crippen LogP contribution is 2.37. The summed E-state index contributed by atoms with van der Waals surface area (Å²) >= 11 is 5.97. The number of hydrogen-bond donors (Lipinski definition) is 2. The van der Waals surface area contributed by atoms with Gasteiger partial charge in [0.15, 0.2) is 0 Å². The second-order valence-corrected chi connectivity index (χ2v) is 5.63. The van der Waals surface area contributed by atoms with Gasteiger partial charge in [-0.1, -0.05) is 24.1 Å². The highest BCUT2D eigenvalue weighted by Gasteiger charge is 2.42. The predicted octanol–water partition coefficient (Wildman–Crippen LogP) is 4.26. The number of alkyl halides is 3. The van der Waals surface area contributed by atoms with Crippen molar-refractivity contribution in [1.29, 1.82) is 0 Å². The third kappa shape index (κ3) is 3.79. The maximum atomic E-state index is 12.7. The number of halogens is 4. The lowest BCUT2D eigenvalue weighted by atomic mass is 9.85. The SMILES string of the molecule is Oc1cccc(Cl)c1CNC1CCCC(C(F)(F)F)C1. The molecule has 0 heterocycles. The number of hydrogen-bond acceptors (Lipinski definition) is 2. The van der Waals surface area contributed by atoms with E-state index < -0.39 is 12.1 Å². The number of rotatable bonds is 3. The number of benzene rings is 1. The lowest BCUT2D eigenvalue weighted by Gasteiger charge is -2.31. The quantitative estimate of drug-likeness (QED) is 0.874. The normalized spacial score (nSPS) is 23.8. The number of phenolic OH excluding ortho intramolecular Hbond substituents is 1. The van der Waals surface area contributed by atoms with Crippen LogP contribution in [0.3, 0.4) is 0 Å². The van der Waals surface area contributed by atoms with E-state index in [2.05, 4.69) is 5.32 Å². The van der Waals surface area contributed by atoms with Crippen molar-refractivity contribution in [3.05, 3.63) is 28.8 Å². The highest BCUT2D eigenvalue weighted by atomic mass is 35.5. The summed E-state index contributed by atoms with van der Waals surface area (Å²) in [5.74, 6) is -1.17. The first-order valence-electron chi connectivity index (χ1n) is 6.64. The molecule has 0 aliphatic heterocycles. The maximum Gasteiger partial charge on any atom is 0.391 e. The van der Waals surface area contributed by atoms with Gasteiger partial charge in [-0.25, -0.2) is 0 Å². The van der Waals surface area contributed by atoms with E-state index in [1.165, 1.54) is 6.07 Å². The van der Waals surface area contributed by atoms with Crippen LogP contribution >= 0.6 is 11.6 Å². The molecule has 0 saturated heterocycles. The Kier molecular flexibility index (Phi) is 4.81. The van der Waals surface area contributed by atoms with E-state index in [9.17, 15) is 18.3 Å². The van der Waals surface area contributed by atoms with E-state index in [1.807, 2.05) is 0 Å². The van der Waals surface area contributed by atoms with Gasteiger partial charge in [0.25, 0.3) is 0 Å². The topological polar surface area (TPSA) is 32.3 Å². The molecular formula is C14H17ClF3NO. The van der Waals surface area contributed by atoms with Gasteiger partial charge in [-0.3, -0.25) is 0 Å². The molecule has 2 rings (SSSR count). The third-order valence-corrected chi connectivity index (χ3v) is 4.15. The van der Waals surface area contributed by atoms with E-state index in [4.69, 9.17) is 11.6 Å². The van der Waals surface area contributed by atoms with Gasteiger partial charge >= 0.3 is 6.18 Å². The molecule has 0 bridgehead atoms. The van der Waals surface area contributed by atoms with Crippen molar-refractivity contribution in [2.24, 2.45) is 5.92 Å². The average molecular weight is 308 g/mol. The van der Waals surface area contributed by atoms with Crippen LogP contribution in [0.1, 0.15) is 31.2 Å². The zero-order valence-corrected chi connectivity index (χ0v) is 11.6. The smallest absolute Gasteiger partial charge is 0.391 e. The molecule has 0 aromatic heterocycles. The lowest BCUT2D eigenvalue weighted by molar-refractivity contribution is -0.183. The zero-order valence-electron chi connectivity index (χ0n) is 10.9. The second-order valence-electron chi connectivity index (χ2n) is 5.22. The average Bonchev–Trinajstić information content (AvgIpc) is 2.37. The Morgan fingerprint density at radius 1 is 1.30 bits per heavy atom. The molecule has 2 nitrogen and oxygen atoms in total. The highest BCUT2D eigenvalue weighted by molar-refractivity contribution is 6.31. The monoisotopic (exact) mass is 307 g/mol. The Labute approximate surface area is 120 Å². The Hall–Kier alpha value is -0.940. The molecule has 20 heavy (non-hydrogen) atoms. The molecule has 0 radical (unpaired) electrons. The summed E-state index contributed by atoms with van der Waals surface area (Å²) in [7, 11) is 0. The van der Waals surface area contributed by atoms with Crippen LogP contribution in [0.4, 0.5) is 13.2 Å².